The van der Waals surface area contributed by atoms with Gasteiger partial charge in [0.05, 0.1) is 18.4 Å². The number of amides is 1. The number of nitrogen functional groups attached to an aromatic ring is 1. The first-order chi connectivity index (χ1) is 16.4. The van der Waals surface area contributed by atoms with E-state index < -0.39 is 0 Å². The highest BCUT2D eigenvalue weighted by Gasteiger charge is 2.35. The molecule has 0 radical (unpaired) electrons. The Morgan fingerprint density at radius 1 is 1.06 bits per heavy atom. The molecule has 4 N–H and O–H groups in total. The van der Waals surface area contributed by atoms with Gasteiger partial charge in [0.15, 0.2) is 0 Å². The van der Waals surface area contributed by atoms with Crippen LogP contribution in [0.2, 0.25) is 0 Å². The van der Waals surface area contributed by atoms with Crippen LogP contribution in [0.5, 0.6) is 5.75 Å². The van der Waals surface area contributed by atoms with E-state index in [1.54, 1.807) is 0 Å². The van der Waals surface area contributed by atoms with Crippen molar-refractivity contribution in [2.75, 3.05) is 6.61 Å². The summed E-state index contributed by atoms with van der Waals surface area (Å²) < 4.78 is 11.5. The SMILES string of the molecule is CC1CCCC(OC(=O)C[C@@H]2C[C@@H](COc3ccc(-c4ccc(C(=N)N)cc4)cc3)NC2=O)C1. The number of rotatable bonds is 8. The topological polar surface area (TPSA) is 114 Å². The molecule has 1 aliphatic carbocycles. The van der Waals surface area contributed by atoms with E-state index in [1.165, 1.54) is 6.42 Å². The van der Waals surface area contributed by atoms with E-state index in [4.69, 9.17) is 20.6 Å². The van der Waals surface area contributed by atoms with Gasteiger partial charge in [0.2, 0.25) is 5.91 Å². The molecular weight excluding hydrogens is 430 g/mol. The number of carbonyl (C=O) groups is 2. The Kier molecular flexibility index (Phi) is 7.50. The van der Waals surface area contributed by atoms with Crippen LogP contribution in [0, 0.1) is 17.2 Å². The van der Waals surface area contributed by atoms with E-state index in [0.29, 0.717) is 30.3 Å². The summed E-state index contributed by atoms with van der Waals surface area (Å²) in [4.78, 5) is 24.7. The fourth-order valence-corrected chi connectivity index (χ4v) is 4.82. The van der Waals surface area contributed by atoms with Crippen molar-refractivity contribution in [2.24, 2.45) is 17.6 Å². The van der Waals surface area contributed by atoms with Crippen LogP contribution in [0.15, 0.2) is 48.5 Å². The first-order valence-electron chi connectivity index (χ1n) is 12.0. The Labute approximate surface area is 200 Å². The number of ether oxygens (including phenoxy) is 2. The molecule has 4 atom stereocenters. The zero-order valence-electron chi connectivity index (χ0n) is 19.6. The molecular formula is C27H33N3O4. The van der Waals surface area contributed by atoms with Crippen LogP contribution >= 0.6 is 0 Å². The minimum Gasteiger partial charge on any atom is -0.491 e. The van der Waals surface area contributed by atoms with E-state index in [1.807, 2.05) is 48.5 Å². The van der Waals surface area contributed by atoms with Gasteiger partial charge >= 0.3 is 5.97 Å². The van der Waals surface area contributed by atoms with Crippen LogP contribution < -0.4 is 15.8 Å². The van der Waals surface area contributed by atoms with Gasteiger partial charge in [0, 0.05) is 5.56 Å². The van der Waals surface area contributed by atoms with Crippen LogP contribution in [0.25, 0.3) is 11.1 Å². The Morgan fingerprint density at radius 3 is 2.38 bits per heavy atom. The number of hydrogen-bond donors (Lipinski definition) is 3. The summed E-state index contributed by atoms with van der Waals surface area (Å²) in [7, 11) is 0. The average molecular weight is 464 g/mol. The normalized spacial score (nSPS) is 24.3. The molecule has 1 heterocycles. The lowest BCUT2D eigenvalue weighted by Gasteiger charge is -2.26. The molecule has 0 spiro atoms. The zero-order chi connectivity index (χ0) is 24.1. The predicted octanol–water partition coefficient (Wildman–Crippen LogP) is 4.03. The maximum Gasteiger partial charge on any atom is 0.306 e. The molecule has 2 aliphatic rings. The van der Waals surface area contributed by atoms with Crippen LogP contribution in [0.3, 0.4) is 0 Å². The number of amidine groups is 1. The van der Waals surface area contributed by atoms with E-state index >= 15 is 0 Å². The summed E-state index contributed by atoms with van der Waals surface area (Å²) >= 11 is 0. The number of hydrogen-bond acceptors (Lipinski definition) is 5. The average Bonchev–Trinajstić information content (AvgIpc) is 3.17. The Hall–Kier alpha value is -3.35. The standard InChI is InChI=1S/C27H33N3O4/c1-17-3-2-4-24(13-17)34-25(31)15-21-14-22(30-27(21)32)16-33-23-11-9-19(10-12-23)18-5-7-20(8-6-18)26(28)29/h5-12,17,21-22,24H,2-4,13-16H2,1H3,(H3,28,29)(H,30,32)/t17?,21-,22-,24?/m0/s1. The largest absolute Gasteiger partial charge is 0.491 e. The number of benzene rings is 2. The van der Waals surface area contributed by atoms with Gasteiger partial charge in [0.25, 0.3) is 0 Å². The van der Waals surface area contributed by atoms with Crippen molar-refractivity contribution in [1.82, 2.24) is 5.32 Å². The highest BCUT2D eigenvalue weighted by molar-refractivity contribution is 5.95. The van der Waals surface area contributed by atoms with Crippen LogP contribution in [-0.2, 0) is 14.3 Å². The third-order valence-electron chi connectivity index (χ3n) is 6.72. The number of nitrogens with one attached hydrogen (secondary N) is 2. The molecule has 2 aromatic carbocycles. The van der Waals surface area contributed by atoms with E-state index in [0.717, 1.165) is 30.4 Å². The monoisotopic (exact) mass is 463 g/mol. The molecule has 0 bridgehead atoms. The van der Waals surface area contributed by atoms with Gasteiger partial charge in [-0.3, -0.25) is 15.0 Å². The lowest BCUT2D eigenvalue weighted by molar-refractivity contribution is -0.153. The first kappa shape index (κ1) is 23.8. The molecule has 2 aromatic rings. The molecule has 4 rings (SSSR count). The molecule has 34 heavy (non-hydrogen) atoms. The Balaban J connectivity index is 1.23. The Morgan fingerprint density at radius 2 is 1.74 bits per heavy atom. The van der Waals surface area contributed by atoms with Crippen molar-refractivity contribution in [1.29, 1.82) is 5.41 Å². The van der Waals surface area contributed by atoms with Gasteiger partial charge in [-0.25, -0.2) is 0 Å². The van der Waals surface area contributed by atoms with Gasteiger partial charge < -0.3 is 20.5 Å². The number of esters is 1. The third-order valence-corrected chi connectivity index (χ3v) is 6.72. The third kappa shape index (κ3) is 6.16. The summed E-state index contributed by atoms with van der Waals surface area (Å²) in [5.41, 5.74) is 8.26. The van der Waals surface area contributed by atoms with Gasteiger partial charge in [-0.1, -0.05) is 49.7 Å². The molecule has 2 fully saturated rings. The minimum absolute atomic E-state index is 0.00473. The second kappa shape index (κ2) is 10.7. The van der Waals surface area contributed by atoms with Gasteiger partial charge in [0.1, 0.15) is 24.3 Å². The maximum atomic E-state index is 12.4. The van der Waals surface area contributed by atoms with Crippen LogP contribution in [-0.4, -0.2) is 36.5 Å². The molecule has 1 amide bonds. The van der Waals surface area contributed by atoms with Crippen molar-refractivity contribution < 1.29 is 19.1 Å². The summed E-state index contributed by atoms with van der Waals surface area (Å²) in [5.74, 6) is 0.617. The second-order valence-electron chi connectivity index (χ2n) is 9.55. The molecule has 1 saturated heterocycles. The summed E-state index contributed by atoms with van der Waals surface area (Å²) in [6, 6.07) is 15.1. The smallest absolute Gasteiger partial charge is 0.306 e. The zero-order valence-corrected chi connectivity index (χ0v) is 19.6. The fraction of sp³-hybridized carbons (Fsp3) is 0.444. The summed E-state index contributed by atoms with van der Waals surface area (Å²) in [6.45, 7) is 2.54. The molecule has 7 heteroatoms. The van der Waals surface area contributed by atoms with Gasteiger partial charge in [-0.05, 0) is 54.9 Å². The molecule has 7 nitrogen and oxygen atoms in total. The highest BCUT2D eigenvalue weighted by atomic mass is 16.5. The van der Waals surface area contributed by atoms with Crippen LogP contribution in [0.4, 0.5) is 0 Å². The minimum atomic E-state index is -0.359. The summed E-state index contributed by atoms with van der Waals surface area (Å²) in [6.07, 6.45) is 4.82. The van der Waals surface area contributed by atoms with Crippen molar-refractivity contribution >= 4 is 17.7 Å². The molecule has 2 unspecified atom stereocenters. The molecule has 0 aromatic heterocycles. The van der Waals surface area contributed by atoms with Gasteiger partial charge in [-0.2, -0.15) is 0 Å². The molecule has 180 valence electrons. The highest BCUT2D eigenvalue weighted by Crippen LogP contribution is 2.28. The lowest BCUT2D eigenvalue weighted by Crippen LogP contribution is -2.31. The first-order valence-corrected chi connectivity index (χ1v) is 12.0. The predicted molar refractivity (Wildman–Crippen MR) is 131 cm³/mol. The molecule has 1 saturated carbocycles. The van der Waals surface area contributed by atoms with Crippen LogP contribution in [0.1, 0.15) is 51.0 Å². The quantitative estimate of drug-likeness (QED) is 0.311. The maximum absolute atomic E-state index is 12.4. The number of carbonyl (C=O) groups excluding carboxylic acids is 2. The fourth-order valence-electron chi connectivity index (χ4n) is 4.82. The number of nitrogens with two attached hydrogens (primary N) is 1. The van der Waals surface area contributed by atoms with Crippen molar-refractivity contribution in [3.8, 4) is 16.9 Å². The van der Waals surface area contributed by atoms with Crippen molar-refractivity contribution in [3.63, 3.8) is 0 Å². The van der Waals surface area contributed by atoms with E-state index in [2.05, 4.69) is 12.2 Å². The summed E-state index contributed by atoms with van der Waals surface area (Å²) in [5, 5.41) is 10.4. The van der Waals surface area contributed by atoms with E-state index in [9.17, 15) is 9.59 Å². The second-order valence-corrected chi connectivity index (χ2v) is 9.55. The van der Waals surface area contributed by atoms with E-state index in [-0.39, 0.29) is 42.2 Å². The Bertz CT molecular complexity index is 1020. The van der Waals surface area contributed by atoms with Gasteiger partial charge in [-0.15, -0.1) is 0 Å². The van der Waals surface area contributed by atoms with Crippen molar-refractivity contribution in [2.45, 2.75) is 57.6 Å². The lowest BCUT2D eigenvalue weighted by atomic mass is 9.88. The molecule has 1 aliphatic heterocycles. The van der Waals surface area contributed by atoms with Crippen molar-refractivity contribution in [3.05, 3.63) is 54.1 Å².